The van der Waals surface area contributed by atoms with Crippen molar-refractivity contribution in [3.8, 4) is 0 Å². The number of hydrogen-bond acceptors (Lipinski definition) is 4. The number of likely N-dealkylation sites (N-methyl/N-ethyl adjacent to an activating group) is 2. The molecular weight excluding hydrogens is 262 g/mol. The Hall–Kier alpha value is -0.680. The van der Waals surface area contributed by atoms with E-state index < -0.39 is 0 Å². The van der Waals surface area contributed by atoms with Crippen LogP contribution in [-0.4, -0.2) is 65.8 Å². The van der Waals surface area contributed by atoms with Crippen molar-refractivity contribution in [2.24, 2.45) is 0 Å². The molecule has 2 heterocycles. The van der Waals surface area contributed by atoms with Crippen LogP contribution in [0, 0.1) is 0 Å². The van der Waals surface area contributed by atoms with Crippen molar-refractivity contribution in [2.75, 3.05) is 33.7 Å². The van der Waals surface area contributed by atoms with Crippen molar-refractivity contribution in [3.63, 3.8) is 0 Å². The summed E-state index contributed by atoms with van der Waals surface area (Å²) < 4.78 is 0. The second-order valence-electron chi connectivity index (χ2n) is 5.46. The third-order valence-corrected chi connectivity index (χ3v) is 4.18. The molecule has 1 aromatic heterocycles. The van der Waals surface area contributed by atoms with Gasteiger partial charge in [0, 0.05) is 38.1 Å². The van der Waals surface area contributed by atoms with Crippen LogP contribution in [0.1, 0.15) is 12.0 Å². The van der Waals surface area contributed by atoms with E-state index in [9.17, 15) is 5.11 Å². The van der Waals surface area contributed by atoms with E-state index in [1.807, 2.05) is 6.07 Å². The molecular formula is C14H22ClN3O. The monoisotopic (exact) mass is 283 g/mol. The summed E-state index contributed by atoms with van der Waals surface area (Å²) in [6.07, 6.45) is 4.35. The molecule has 0 spiro atoms. The van der Waals surface area contributed by atoms with Gasteiger partial charge in [-0.25, -0.2) is 0 Å². The first-order valence-corrected chi connectivity index (χ1v) is 7.09. The zero-order valence-corrected chi connectivity index (χ0v) is 12.3. The van der Waals surface area contributed by atoms with Crippen molar-refractivity contribution in [1.29, 1.82) is 0 Å². The van der Waals surface area contributed by atoms with Crippen molar-refractivity contribution in [1.82, 2.24) is 14.8 Å². The summed E-state index contributed by atoms with van der Waals surface area (Å²) >= 11 is 6.07. The van der Waals surface area contributed by atoms with E-state index in [-0.39, 0.29) is 6.10 Å². The molecule has 1 aliphatic heterocycles. The molecule has 0 aliphatic carbocycles. The first-order chi connectivity index (χ1) is 9.06. The van der Waals surface area contributed by atoms with E-state index >= 15 is 0 Å². The molecule has 2 rings (SSSR count). The minimum absolute atomic E-state index is 0.362. The second kappa shape index (κ2) is 6.66. The molecule has 2 unspecified atom stereocenters. The Morgan fingerprint density at radius 2 is 2.26 bits per heavy atom. The standard InChI is InChI=1S/C14H22ClN3O/c1-17-5-6-18(2)12(10-17)8-13(19)7-11-3-4-16-9-14(11)15/h3-4,9,12-13,19H,5-8,10H2,1-2H3. The van der Waals surface area contributed by atoms with Crippen LogP contribution >= 0.6 is 11.6 Å². The molecule has 106 valence electrons. The molecule has 1 aromatic rings. The SMILES string of the molecule is CN1CCN(C)C(CC(O)Cc2ccncc2Cl)C1. The zero-order chi connectivity index (χ0) is 13.8. The molecule has 19 heavy (non-hydrogen) atoms. The minimum atomic E-state index is -0.362. The fourth-order valence-corrected chi connectivity index (χ4v) is 2.77. The molecule has 0 amide bonds. The van der Waals surface area contributed by atoms with Gasteiger partial charge in [0.2, 0.25) is 0 Å². The molecule has 0 saturated carbocycles. The van der Waals surface area contributed by atoms with E-state index in [1.165, 1.54) is 0 Å². The van der Waals surface area contributed by atoms with Crippen LogP contribution in [0.5, 0.6) is 0 Å². The lowest BCUT2D eigenvalue weighted by molar-refractivity contribution is 0.0639. The Kier molecular flexibility index (Phi) is 5.16. The molecule has 1 saturated heterocycles. The van der Waals surface area contributed by atoms with Gasteiger partial charge >= 0.3 is 0 Å². The van der Waals surface area contributed by atoms with Gasteiger partial charge in [0.1, 0.15) is 0 Å². The highest BCUT2D eigenvalue weighted by atomic mass is 35.5. The third kappa shape index (κ3) is 4.14. The van der Waals surface area contributed by atoms with Crippen LogP contribution in [0.15, 0.2) is 18.5 Å². The lowest BCUT2D eigenvalue weighted by atomic mass is 10.00. The first-order valence-electron chi connectivity index (χ1n) is 6.71. The van der Waals surface area contributed by atoms with E-state index in [0.717, 1.165) is 31.6 Å². The van der Waals surface area contributed by atoms with Gasteiger partial charge in [-0.15, -0.1) is 0 Å². The van der Waals surface area contributed by atoms with Crippen molar-refractivity contribution in [3.05, 3.63) is 29.0 Å². The van der Waals surface area contributed by atoms with Crippen LogP contribution in [0.4, 0.5) is 0 Å². The smallest absolute Gasteiger partial charge is 0.0622 e. The number of aliphatic hydroxyl groups excluding tert-OH is 1. The molecule has 0 radical (unpaired) electrons. The lowest BCUT2D eigenvalue weighted by Crippen LogP contribution is -2.51. The highest BCUT2D eigenvalue weighted by molar-refractivity contribution is 6.31. The number of aliphatic hydroxyl groups is 1. The van der Waals surface area contributed by atoms with Gasteiger partial charge in [-0.2, -0.15) is 0 Å². The van der Waals surface area contributed by atoms with Gasteiger partial charge < -0.3 is 14.9 Å². The number of nitrogens with zero attached hydrogens (tertiary/aromatic N) is 3. The second-order valence-corrected chi connectivity index (χ2v) is 5.86. The maximum atomic E-state index is 10.3. The summed E-state index contributed by atoms with van der Waals surface area (Å²) in [6, 6.07) is 2.29. The number of aromatic nitrogens is 1. The third-order valence-electron chi connectivity index (χ3n) is 3.84. The van der Waals surface area contributed by atoms with Crippen LogP contribution in [0.3, 0.4) is 0 Å². The van der Waals surface area contributed by atoms with Crippen LogP contribution in [0.2, 0.25) is 5.02 Å². The summed E-state index contributed by atoms with van der Waals surface area (Å²) in [4.78, 5) is 8.61. The quantitative estimate of drug-likeness (QED) is 0.904. The predicted molar refractivity (Wildman–Crippen MR) is 77.5 cm³/mol. The number of halogens is 1. The van der Waals surface area contributed by atoms with E-state index in [2.05, 4.69) is 28.9 Å². The first kappa shape index (κ1) is 14.7. The van der Waals surface area contributed by atoms with E-state index in [1.54, 1.807) is 12.4 Å². The number of pyridine rings is 1. The van der Waals surface area contributed by atoms with Gasteiger partial charge in [0.25, 0.3) is 0 Å². The van der Waals surface area contributed by atoms with Crippen molar-refractivity contribution >= 4 is 11.6 Å². The molecule has 0 aromatic carbocycles. The summed E-state index contributed by atoms with van der Waals surface area (Å²) in [7, 11) is 4.26. The van der Waals surface area contributed by atoms with Gasteiger partial charge in [-0.05, 0) is 38.6 Å². The Morgan fingerprint density at radius 1 is 1.47 bits per heavy atom. The van der Waals surface area contributed by atoms with E-state index in [4.69, 9.17) is 11.6 Å². The Bertz CT molecular complexity index is 415. The maximum Gasteiger partial charge on any atom is 0.0622 e. The number of piperazine rings is 1. The predicted octanol–water partition coefficient (Wildman–Crippen LogP) is 1.27. The molecule has 5 heteroatoms. The van der Waals surface area contributed by atoms with Crippen LogP contribution < -0.4 is 0 Å². The minimum Gasteiger partial charge on any atom is -0.393 e. The highest BCUT2D eigenvalue weighted by Crippen LogP contribution is 2.19. The molecule has 1 N–H and O–H groups in total. The van der Waals surface area contributed by atoms with E-state index in [0.29, 0.717) is 17.5 Å². The lowest BCUT2D eigenvalue weighted by Gasteiger charge is -2.38. The Balaban J connectivity index is 1.90. The fraction of sp³-hybridized carbons (Fsp3) is 0.643. The van der Waals surface area contributed by atoms with Gasteiger partial charge in [0.05, 0.1) is 11.1 Å². The zero-order valence-electron chi connectivity index (χ0n) is 11.6. The topological polar surface area (TPSA) is 39.6 Å². The van der Waals surface area contributed by atoms with Gasteiger partial charge in [-0.3, -0.25) is 4.98 Å². The highest BCUT2D eigenvalue weighted by Gasteiger charge is 2.24. The molecule has 4 nitrogen and oxygen atoms in total. The number of rotatable bonds is 4. The normalized spacial score (nSPS) is 23.5. The average molecular weight is 284 g/mol. The Labute approximate surface area is 120 Å². The molecule has 2 atom stereocenters. The summed E-state index contributed by atoms with van der Waals surface area (Å²) in [5, 5.41) is 10.9. The summed E-state index contributed by atoms with van der Waals surface area (Å²) in [5.41, 5.74) is 0.969. The van der Waals surface area contributed by atoms with Crippen LogP contribution in [-0.2, 0) is 6.42 Å². The van der Waals surface area contributed by atoms with Crippen LogP contribution in [0.25, 0.3) is 0 Å². The molecule has 1 aliphatic rings. The summed E-state index contributed by atoms with van der Waals surface area (Å²) in [5.74, 6) is 0. The largest absolute Gasteiger partial charge is 0.393 e. The number of hydrogen-bond donors (Lipinski definition) is 1. The maximum absolute atomic E-state index is 10.3. The fourth-order valence-electron chi connectivity index (χ4n) is 2.58. The van der Waals surface area contributed by atoms with Crippen molar-refractivity contribution < 1.29 is 5.11 Å². The van der Waals surface area contributed by atoms with Gasteiger partial charge in [0.15, 0.2) is 0 Å². The summed E-state index contributed by atoms with van der Waals surface area (Å²) in [6.45, 7) is 3.17. The van der Waals surface area contributed by atoms with Gasteiger partial charge in [-0.1, -0.05) is 11.6 Å². The average Bonchev–Trinajstić information content (AvgIpc) is 2.37. The molecule has 1 fully saturated rings. The van der Waals surface area contributed by atoms with Crippen molar-refractivity contribution in [2.45, 2.75) is 25.0 Å². The Morgan fingerprint density at radius 3 is 3.00 bits per heavy atom. The molecule has 0 bridgehead atoms.